The fourth-order valence-corrected chi connectivity index (χ4v) is 8.26. The maximum atomic E-state index is 6.65. The third kappa shape index (κ3) is 13.3. The summed E-state index contributed by atoms with van der Waals surface area (Å²) in [7, 11) is 0. The predicted molar refractivity (Wildman–Crippen MR) is 272 cm³/mol. The molecule has 1 aliphatic heterocycles. The average molecular weight is 913 g/mol. The van der Waals surface area contributed by atoms with E-state index in [1.54, 1.807) is 0 Å². The Hall–Kier alpha value is -8.10. The molecule has 0 N–H and O–H groups in total. The molecule has 8 nitrogen and oxygen atoms in total. The van der Waals surface area contributed by atoms with Gasteiger partial charge in [0.2, 0.25) is 6.67 Å². The zero-order valence-corrected chi connectivity index (χ0v) is 39.3. The first-order valence-electron chi connectivity index (χ1n) is 23.3. The second-order valence-electron chi connectivity index (χ2n) is 17.3. The first kappa shape index (κ1) is 46.0. The quantitative estimate of drug-likeness (QED) is 0.0707. The van der Waals surface area contributed by atoms with Gasteiger partial charge in [-0.2, -0.15) is 0 Å². The van der Waals surface area contributed by atoms with Crippen LogP contribution in [0.3, 0.4) is 0 Å². The molecule has 0 aromatic heterocycles. The summed E-state index contributed by atoms with van der Waals surface area (Å²) in [5.74, 6) is 4.08. The Labute approximate surface area is 406 Å². The number of benzene rings is 8. The van der Waals surface area contributed by atoms with Crippen LogP contribution in [0.4, 0.5) is 5.69 Å². The molecule has 1 aliphatic rings. The third-order valence-electron chi connectivity index (χ3n) is 11.5. The molecule has 0 fully saturated rings. The molecule has 0 bridgehead atoms. The van der Waals surface area contributed by atoms with Gasteiger partial charge in [-0.05, 0) is 107 Å². The average Bonchev–Trinajstić information content (AvgIpc) is 3.83. The standard InChI is InChI=1S/C61H56N2O6/c1-45-26-46(2)61(47(3)27-45)63-25-24-62(44-63)37-52-28-55(68-42-53-30-57(64-38-48-16-8-4-9-17-48)35-58(31-53)65-39-49-18-10-5-11-19-49)34-56(29-52)69-43-54-32-59(66-40-50-20-12-6-13-21-50)36-60(33-54)67-41-51-22-14-7-15-23-51/h4-36H,37-43H2,1-3H3. The number of rotatable bonds is 21. The largest absolute Gasteiger partial charge is 0.489 e. The Balaban J connectivity index is 0.962. The molecule has 0 atom stereocenters. The molecule has 0 spiro atoms. The van der Waals surface area contributed by atoms with Crippen LogP contribution in [-0.4, -0.2) is 4.90 Å². The van der Waals surface area contributed by atoms with E-state index in [4.69, 9.17) is 28.4 Å². The SMILES string of the molecule is Cc1cc(C)c(N2[C]N(Cc3cc(OCc4cc(OCc5ccccc5)cc(OCc5ccccc5)c4)cc(OCc4cc(OCc5ccccc5)cc(OCc5ccccc5)c4)c3)C=C2)c(C)c1. The van der Waals surface area contributed by atoms with E-state index in [9.17, 15) is 0 Å². The van der Waals surface area contributed by atoms with Gasteiger partial charge in [-0.1, -0.05) is 139 Å². The van der Waals surface area contributed by atoms with E-state index in [1.807, 2.05) is 121 Å². The second kappa shape index (κ2) is 22.6. The summed E-state index contributed by atoms with van der Waals surface area (Å²) in [5, 5.41) is 0. The van der Waals surface area contributed by atoms with Gasteiger partial charge in [-0.25, -0.2) is 0 Å². The van der Waals surface area contributed by atoms with E-state index in [-0.39, 0.29) is 13.2 Å². The Morgan fingerprint density at radius 3 is 0.971 bits per heavy atom. The van der Waals surface area contributed by atoms with E-state index in [0.29, 0.717) is 67.5 Å². The van der Waals surface area contributed by atoms with Crippen molar-refractivity contribution in [2.75, 3.05) is 4.90 Å². The van der Waals surface area contributed by atoms with Crippen molar-refractivity contribution in [1.82, 2.24) is 4.90 Å². The molecule has 0 saturated carbocycles. The van der Waals surface area contributed by atoms with Crippen molar-refractivity contribution >= 4 is 5.69 Å². The molecule has 8 aromatic carbocycles. The minimum absolute atomic E-state index is 0.262. The number of ether oxygens (including phenoxy) is 6. The van der Waals surface area contributed by atoms with Crippen LogP contribution in [0, 0.1) is 27.4 Å². The van der Waals surface area contributed by atoms with Crippen LogP contribution in [-0.2, 0) is 46.2 Å². The van der Waals surface area contributed by atoms with Crippen molar-refractivity contribution in [1.29, 1.82) is 0 Å². The van der Waals surface area contributed by atoms with Crippen LogP contribution in [0.5, 0.6) is 34.5 Å². The summed E-state index contributed by atoms with van der Waals surface area (Å²) in [4.78, 5) is 4.12. The molecule has 1 heterocycles. The number of aryl methyl sites for hydroxylation is 3. The first-order chi connectivity index (χ1) is 33.8. The molecule has 0 amide bonds. The number of anilines is 1. The van der Waals surface area contributed by atoms with Crippen molar-refractivity contribution in [2.45, 2.75) is 67.0 Å². The second-order valence-corrected chi connectivity index (χ2v) is 17.3. The molecule has 0 unspecified atom stereocenters. The van der Waals surface area contributed by atoms with Crippen LogP contribution >= 0.6 is 0 Å². The minimum atomic E-state index is 0.262. The lowest BCUT2D eigenvalue weighted by Gasteiger charge is -2.23. The molecule has 346 valence electrons. The third-order valence-corrected chi connectivity index (χ3v) is 11.5. The summed E-state index contributed by atoms with van der Waals surface area (Å²) in [6.07, 6.45) is 4.10. The molecular weight excluding hydrogens is 857 g/mol. The van der Waals surface area contributed by atoms with Gasteiger partial charge in [-0.15, -0.1) is 0 Å². The molecule has 8 heteroatoms. The van der Waals surface area contributed by atoms with E-state index in [1.165, 1.54) is 16.7 Å². The summed E-state index contributed by atoms with van der Waals surface area (Å²) >= 11 is 0. The molecular formula is C61H56N2O6. The van der Waals surface area contributed by atoms with Gasteiger partial charge in [0.25, 0.3) is 0 Å². The molecule has 8 aromatic rings. The fourth-order valence-electron chi connectivity index (χ4n) is 8.26. The normalized spacial score (nSPS) is 11.9. The Bertz CT molecular complexity index is 2640. The fraction of sp³-hybridized carbons (Fsp3) is 0.164. The van der Waals surface area contributed by atoms with Crippen molar-refractivity contribution in [3.05, 3.63) is 263 Å². The van der Waals surface area contributed by atoms with Crippen molar-refractivity contribution in [3.63, 3.8) is 0 Å². The van der Waals surface area contributed by atoms with Gasteiger partial charge in [0.05, 0.1) is 0 Å². The summed E-state index contributed by atoms with van der Waals surface area (Å²) < 4.78 is 38.6. The van der Waals surface area contributed by atoms with Crippen LogP contribution in [0.1, 0.15) is 55.6 Å². The maximum absolute atomic E-state index is 6.65. The highest BCUT2D eigenvalue weighted by Crippen LogP contribution is 2.34. The van der Waals surface area contributed by atoms with Crippen molar-refractivity contribution < 1.29 is 28.4 Å². The molecule has 2 radical (unpaired) electrons. The predicted octanol–water partition coefficient (Wildman–Crippen LogP) is 13.9. The lowest BCUT2D eigenvalue weighted by atomic mass is 10.0. The van der Waals surface area contributed by atoms with E-state index < -0.39 is 0 Å². The van der Waals surface area contributed by atoms with E-state index >= 15 is 0 Å². The lowest BCUT2D eigenvalue weighted by Crippen LogP contribution is -2.20. The van der Waals surface area contributed by atoms with Crippen molar-refractivity contribution in [3.8, 4) is 34.5 Å². The summed E-state index contributed by atoms with van der Waals surface area (Å²) in [5.41, 5.74) is 11.8. The highest BCUT2D eigenvalue weighted by Gasteiger charge is 2.21. The molecule has 9 rings (SSSR count). The zero-order valence-electron chi connectivity index (χ0n) is 39.3. The number of hydrogen-bond acceptors (Lipinski definition) is 8. The first-order valence-corrected chi connectivity index (χ1v) is 23.3. The van der Waals surface area contributed by atoms with E-state index in [2.05, 4.69) is 116 Å². The maximum Gasteiger partial charge on any atom is 0.213 e. The Morgan fingerprint density at radius 1 is 0.333 bits per heavy atom. The van der Waals surface area contributed by atoms with Gasteiger partial charge < -0.3 is 38.2 Å². The van der Waals surface area contributed by atoms with Crippen LogP contribution in [0.25, 0.3) is 0 Å². The smallest absolute Gasteiger partial charge is 0.213 e. The van der Waals surface area contributed by atoms with E-state index in [0.717, 1.165) is 44.6 Å². The van der Waals surface area contributed by atoms with Crippen LogP contribution < -0.4 is 33.3 Å². The minimum Gasteiger partial charge on any atom is -0.489 e. The molecule has 0 saturated heterocycles. The molecule has 69 heavy (non-hydrogen) atoms. The van der Waals surface area contributed by atoms with Gasteiger partial charge in [0.15, 0.2) is 0 Å². The number of hydrogen-bond donors (Lipinski definition) is 0. The van der Waals surface area contributed by atoms with Gasteiger partial charge in [0, 0.05) is 42.8 Å². The van der Waals surface area contributed by atoms with Gasteiger partial charge in [0.1, 0.15) is 74.1 Å². The summed E-state index contributed by atoms with van der Waals surface area (Å²) in [6, 6.07) is 62.9. The topological polar surface area (TPSA) is 61.9 Å². The number of nitrogens with zero attached hydrogens (tertiary/aromatic N) is 2. The van der Waals surface area contributed by atoms with Crippen LogP contribution in [0.2, 0.25) is 0 Å². The van der Waals surface area contributed by atoms with Crippen molar-refractivity contribution in [2.24, 2.45) is 0 Å². The highest BCUT2D eigenvalue weighted by atomic mass is 16.5. The van der Waals surface area contributed by atoms with Gasteiger partial charge in [-0.3, -0.25) is 0 Å². The Morgan fingerprint density at radius 2 is 0.638 bits per heavy atom. The summed E-state index contributed by atoms with van der Waals surface area (Å²) in [6.45, 7) is 12.7. The monoisotopic (exact) mass is 912 g/mol. The van der Waals surface area contributed by atoms with Gasteiger partial charge >= 0.3 is 0 Å². The zero-order chi connectivity index (χ0) is 47.2. The lowest BCUT2D eigenvalue weighted by molar-refractivity contribution is 0.275. The van der Waals surface area contributed by atoms with Crippen LogP contribution in [0.15, 0.2) is 200 Å². The highest BCUT2D eigenvalue weighted by molar-refractivity contribution is 5.64. The Kier molecular flexibility index (Phi) is 15.1. The molecule has 0 aliphatic carbocycles.